The van der Waals surface area contributed by atoms with Crippen LogP contribution in [-0.2, 0) is 4.79 Å². The molecule has 0 aliphatic carbocycles. The van der Waals surface area contributed by atoms with Crippen molar-refractivity contribution >= 4 is 30.2 Å². The van der Waals surface area contributed by atoms with Crippen molar-refractivity contribution < 1.29 is 4.79 Å². The van der Waals surface area contributed by atoms with Gasteiger partial charge in [-0.05, 0) is 24.5 Å². The first-order valence-corrected chi connectivity index (χ1v) is 3.70. The molecule has 4 heteroatoms. The molecule has 0 N–H and O–H groups in total. The van der Waals surface area contributed by atoms with Crippen molar-refractivity contribution in [1.29, 1.82) is 0 Å². The molecule has 0 bridgehead atoms. The van der Waals surface area contributed by atoms with Crippen LogP contribution in [0, 0.1) is 0 Å². The standard InChI is InChI=1S/C8H8N2O.ClH/c11-8-7-6(3-5-10-8)2-1-4-9-7;/h3,5H,1-2,4H2;1H. The Morgan fingerprint density at radius 3 is 3.00 bits per heavy atom. The Morgan fingerprint density at radius 2 is 2.25 bits per heavy atom. The summed E-state index contributed by atoms with van der Waals surface area (Å²) in [4.78, 5) is 18.8. The summed E-state index contributed by atoms with van der Waals surface area (Å²) in [6.45, 7) is 0.772. The summed E-state index contributed by atoms with van der Waals surface area (Å²) in [6.07, 6.45) is 5.45. The van der Waals surface area contributed by atoms with Gasteiger partial charge in [-0.15, -0.1) is 12.4 Å². The second-order valence-corrected chi connectivity index (χ2v) is 2.61. The fraction of sp³-hybridized carbons (Fsp3) is 0.375. The van der Waals surface area contributed by atoms with Crippen molar-refractivity contribution in [3.05, 3.63) is 11.6 Å². The van der Waals surface area contributed by atoms with Crippen LogP contribution in [0.15, 0.2) is 21.6 Å². The summed E-state index contributed by atoms with van der Waals surface area (Å²) in [5, 5.41) is 0. The van der Waals surface area contributed by atoms with E-state index in [9.17, 15) is 4.79 Å². The second-order valence-electron chi connectivity index (χ2n) is 2.61. The summed E-state index contributed by atoms with van der Waals surface area (Å²) in [6, 6.07) is 0. The van der Waals surface area contributed by atoms with Crippen molar-refractivity contribution in [3.63, 3.8) is 0 Å². The van der Waals surface area contributed by atoms with Crippen LogP contribution in [0.5, 0.6) is 0 Å². The largest absolute Gasteiger partial charge is 0.295 e. The fourth-order valence-electron chi connectivity index (χ4n) is 1.30. The number of hydrogen-bond donors (Lipinski definition) is 0. The highest BCUT2D eigenvalue weighted by atomic mass is 35.5. The van der Waals surface area contributed by atoms with E-state index >= 15 is 0 Å². The maximum atomic E-state index is 11.1. The van der Waals surface area contributed by atoms with Crippen LogP contribution in [0.4, 0.5) is 0 Å². The Hall–Kier alpha value is -0.960. The van der Waals surface area contributed by atoms with Crippen LogP contribution in [0.1, 0.15) is 12.8 Å². The second kappa shape index (κ2) is 3.63. The Bertz CT molecular complexity index is 291. The lowest BCUT2D eigenvalue weighted by atomic mass is 10.00. The zero-order chi connectivity index (χ0) is 7.68. The van der Waals surface area contributed by atoms with Crippen molar-refractivity contribution in [3.8, 4) is 0 Å². The highest BCUT2D eigenvalue weighted by molar-refractivity contribution is 6.48. The molecule has 2 aliphatic rings. The van der Waals surface area contributed by atoms with Crippen molar-refractivity contribution in [1.82, 2.24) is 0 Å². The number of rotatable bonds is 0. The predicted octanol–water partition coefficient (Wildman–Crippen LogP) is 1.18. The number of allylic oxidation sites excluding steroid dienone is 1. The molecule has 0 saturated carbocycles. The molecule has 0 spiro atoms. The SMILES string of the molecule is Cl.O=C1N=CC=C2CCCN=C12. The maximum Gasteiger partial charge on any atom is 0.295 e. The van der Waals surface area contributed by atoms with Crippen LogP contribution in [0.25, 0.3) is 0 Å². The van der Waals surface area contributed by atoms with Gasteiger partial charge < -0.3 is 0 Å². The van der Waals surface area contributed by atoms with Crippen molar-refractivity contribution in [2.45, 2.75) is 12.8 Å². The molecule has 2 rings (SSSR count). The van der Waals surface area contributed by atoms with E-state index in [4.69, 9.17) is 0 Å². The van der Waals surface area contributed by atoms with Crippen LogP contribution in [-0.4, -0.2) is 24.4 Å². The van der Waals surface area contributed by atoms with E-state index in [2.05, 4.69) is 9.98 Å². The molecular weight excluding hydrogens is 176 g/mol. The molecule has 0 unspecified atom stereocenters. The van der Waals surface area contributed by atoms with Crippen LogP contribution in [0.2, 0.25) is 0 Å². The summed E-state index contributed by atoms with van der Waals surface area (Å²) < 4.78 is 0. The number of dihydropyridines is 1. The van der Waals surface area contributed by atoms with Gasteiger partial charge in [0.1, 0.15) is 5.71 Å². The molecule has 0 aromatic carbocycles. The first-order valence-electron chi connectivity index (χ1n) is 3.70. The molecule has 3 nitrogen and oxygen atoms in total. The van der Waals surface area contributed by atoms with Gasteiger partial charge in [-0.2, -0.15) is 0 Å². The van der Waals surface area contributed by atoms with Gasteiger partial charge in [0.05, 0.1) is 0 Å². The van der Waals surface area contributed by atoms with Gasteiger partial charge in [-0.1, -0.05) is 0 Å². The molecule has 0 radical (unpaired) electrons. The zero-order valence-electron chi connectivity index (χ0n) is 6.49. The Kier molecular flexibility index (Phi) is 2.76. The molecule has 64 valence electrons. The maximum absolute atomic E-state index is 11.1. The quantitative estimate of drug-likeness (QED) is 0.558. The first-order chi connectivity index (χ1) is 5.38. The summed E-state index contributed by atoms with van der Waals surface area (Å²) in [5.41, 5.74) is 1.63. The van der Waals surface area contributed by atoms with Gasteiger partial charge in [0.25, 0.3) is 5.91 Å². The molecule has 2 heterocycles. The molecule has 1 amide bonds. The van der Waals surface area contributed by atoms with Gasteiger partial charge in [-0.3, -0.25) is 9.79 Å². The van der Waals surface area contributed by atoms with Gasteiger partial charge in [0.15, 0.2) is 0 Å². The third kappa shape index (κ3) is 1.46. The van der Waals surface area contributed by atoms with Gasteiger partial charge in [0, 0.05) is 12.8 Å². The minimum absolute atomic E-state index is 0. The number of carbonyl (C=O) groups excluding carboxylic acids is 1. The minimum atomic E-state index is -0.179. The van der Waals surface area contributed by atoms with E-state index in [0.717, 1.165) is 25.0 Å². The van der Waals surface area contributed by atoms with Crippen LogP contribution >= 0.6 is 12.4 Å². The first kappa shape index (κ1) is 9.13. The summed E-state index contributed by atoms with van der Waals surface area (Å²) >= 11 is 0. The monoisotopic (exact) mass is 184 g/mol. The van der Waals surface area contributed by atoms with Crippen LogP contribution < -0.4 is 0 Å². The van der Waals surface area contributed by atoms with E-state index in [-0.39, 0.29) is 18.3 Å². The Labute approximate surface area is 76.7 Å². The Morgan fingerprint density at radius 1 is 1.42 bits per heavy atom. The normalized spacial score (nSPS) is 20.5. The van der Waals surface area contributed by atoms with E-state index in [0.29, 0.717) is 5.71 Å². The lowest BCUT2D eigenvalue weighted by Crippen LogP contribution is -2.21. The molecule has 0 atom stereocenters. The average molecular weight is 185 g/mol. The molecule has 0 saturated heterocycles. The topological polar surface area (TPSA) is 41.8 Å². The van der Waals surface area contributed by atoms with Crippen molar-refractivity contribution in [2.24, 2.45) is 9.98 Å². The number of nitrogens with zero attached hydrogens (tertiary/aromatic N) is 2. The number of amides is 1. The third-order valence-corrected chi connectivity index (χ3v) is 1.85. The molecule has 0 fully saturated rings. The van der Waals surface area contributed by atoms with Crippen LogP contribution in [0.3, 0.4) is 0 Å². The minimum Gasteiger partial charge on any atom is -0.279 e. The smallest absolute Gasteiger partial charge is 0.279 e. The molecule has 0 aromatic heterocycles. The summed E-state index contributed by atoms with van der Waals surface area (Å²) in [7, 11) is 0. The average Bonchev–Trinajstić information content (AvgIpc) is 2.06. The lowest BCUT2D eigenvalue weighted by molar-refractivity contribution is -0.111. The predicted molar refractivity (Wildman–Crippen MR) is 50.4 cm³/mol. The van der Waals surface area contributed by atoms with E-state index < -0.39 is 0 Å². The highest BCUT2D eigenvalue weighted by Gasteiger charge is 2.19. The Balaban J connectivity index is 0.000000720. The van der Waals surface area contributed by atoms with Gasteiger partial charge in [-0.25, -0.2) is 4.99 Å². The number of hydrogen-bond acceptors (Lipinski definition) is 2. The lowest BCUT2D eigenvalue weighted by Gasteiger charge is -2.14. The number of fused-ring (bicyclic) bond motifs is 1. The third-order valence-electron chi connectivity index (χ3n) is 1.85. The molecular formula is C8H9ClN2O. The summed E-state index contributed by atoms with van der Waals surface area (Å²) in [5.74, 6) is -0.179. The number of aliphatic imine (C=N–C) groups is 2. The molecule has 0 aromatic rings. The zero-order valence-corrected chi connectivity index (χ0v) is 7.30. The number of carbonyl (C=O) groups is 1. The van der Waals surface area contributed by atoms with E-state index in [1.54, 1.807) is 6.21 Å². The highest BCUT2D eigenvalue weighted by Crippen LogP contribution is 2.16. The molecule has 2 aliphatic heterocycles. The van der Waals surface area contributed by atoms with Crippen molar-refractivity contribution in [2.75, 3.05) is 6.54 Å². The van der Waals surface area contributed by atoms with E-state index in [1.807, 2.05) is 6.08 Å². The van der Waals surface area contributed by atoms with E-state index in [1.165, 1.54) is 0 Å². The van der Waals surface area contributed by atoms with Gasteiger partial charge >= 0.3 is 0 Å². The fourth-order valence-corrected chi connectivity index (χ4v) is 1.30. The molecule has 12 heavy (non-hydrogen) atoms. The van der Waals surface area contributed by atoms with Gasteiger partial charge in [0.2, 0.25) is 0 Å². The number of halogens is 1.